The van der Waals surface area contributed by atoms with E-state index >= 15 is 0 Å². The third-order valence-electron chi connectivity index (χ3n) is 2.26. The van der Waals surface area contributed by atoms with E-state index in [9.17, 15) is 13.2 Å². The molecule has 1 rings (SSSR count). The first-order chi connectivity index (χ1) is 7.77. The highest BCUT2D eigenvalue weighted by Gasteiger charge is 2.18. The average Bonchev–Trinajstić information content (AvgIpc) is 2.26. The van der Waals surface area contributed by atoms with Crippen molar-refractivity contribution >= 4 is 37.2 Å². The number of carbonyl (C=O) groups excluding carboxylic acids is 1. The topological polar surface area (TPSA) is 54.5 Å². The molecular formula is C10H11Cl2NO3S. The summed E-state index contributed by atoms with van der Waals surface area (Å²) in [4.78, 5) is 13.0. The Bertz CT molecular complexity index is 542. The van der Waals surface area contributed by atoms with Crippen molar-refractivity contribution in [3.05, 3.63) is 28.8 Å². The highest BCUT2D eigenvalue weighted by molar-refractivity contribution is 8.13. The summed E-state index contributed by atoms with van der Waals surface area (Å²) < 4.78 is 22.4. The maximum Gasteiger partial charge on any atom is 0.262 e. The first-order valence-electron chi connectivity index (χ1n) is 4.77. The van der Waals surface area contributed by atoms with E-state index in [1.54, 1.807) is 7.05 Å². The lowest BCUT2D eigenvalue weighted by Crippen LogP contribution is -2.26. The summed E-state index contributed by atoms with van der Waals surface area (Å²) in [5, 5.41) is -0.00398. The van der Waals surface area contributed by atoms with E-state index in [4.69, 9.17) is 22.3 Å². The Labute approximate surface area is 110 Å². The number of hydrogen-bond donors (Lipinski definition) is 0. The van der Waals surface area contributed by atoms with Crippen LogP contribution in [0.4, 0.5) is 0 Å². The van der Waals surface area contributed by atoms with Gasteiger partial charge in [-0.05, 0) is 25.1 Å². The molecule has 0 aromatic heterocycles. The van der Waals surface area contributed by atoms with Gasteiger partial charge in [-0.25, -0.2) is 8.42 Å². The van der Waals surface area contributed by atoms with Gasteiger partial charge in [0.05, 0.1) is 5.02 Å². The predicted octanol–water partition coefficient (Wildman–Crippen LogP) is 2.36. The number of rotatable bonds is 3. The van der Waals surface area contributed by atoms with Crippen molar-refractivity contribution in [3.8, 4) is 0 Å². The third-order valence-corrected chi connectivity index (χ3v) is 4.07. The van der Waals surface area contributed by atoms with Crippen LogP contribution in [0, 0.1) is 0 Å². The van der Waals surface area contributed by atoms with Crippen molar-refractivity contribution in [1.82, 2.24) is 4.90 Å². The minimum Gasteiger partial charge on any atom is -0.342 e. The van der Waals surface area contributed by atoms with Crippen LogP contribution in [-0.4, -0.2) is 32.8 Å². The molecule has 0 N–H and O–H groups in total. The van der Waals surface area contributed by atoms with E-state index in [-0.39, 0.29) is 21.4 Å². The highest BCUT2D eigenvalue weighted by atomic mass is 35.7. The molecule has 94 valence electrons. The second-order valence-electron chi connectivity index (χ2n) is 3.40. The summed E-state index contributed by atoms with van der Waals surface area (Å²) in [6, 6.07) is 3.98. The van der Waals surface area contributed by atoms with E-state index in [1.807, 2.05) is 6.92 Å². The van der Waals surface area contributed by atoms with Crippen LogP contribution in [-0.2, 0) is 9.05 Å². The average molecular weight is 296 g/mol. The fourth-order valence-electron chi connectivity index (χ4n) is 1.19. The van der Waals surface area contributed by atoms with Crippen molar-refractivity contribution in [1.29, 1.82) is 0 Å². The monoisotopic (exact) mass is 295 g/mol. The molecule has 1 aromatic carbocycles. The molecule has 0 aliphatic heterocycles. The van der Waals surface area contributed by atoms with Crippen LogP contribution in [0.3, 0.4) is 0 Å². The normalized spacial score (nSPS) is 11.3. The molecule has 0 saturated carbocycles. The summed E-state index contributed by atoms with van der Waals surface area (Å²) in [6.45, 7) is 2.33. The van der Waals surface area contributed by atoms with Crippen LogP contribution in [0.2, 0.25) is 5.02 Å². The molecule has 1 amide bonds. The molecule has 0 radical (unpaired) electrons. The fraction of sp³-hybridized carbons (Fsp3) is 0.300. The number of amides is 1. The second kappa shape index (κ2) is 5.25. The van der Waals surface area contributed by atoms with Gasteiger partial charge >= 0.3 is 0 Å². The molecule has 0 spiro atoms. The molecule has 0 unspecified atom stereocenters. The van der Waals surface area contributed by atoms with Gasteiger partial charge in [0.1, 0.15) is 4.90 Å². The van der Waals surface area contributed by atoms with Crippen molar-refractivity contribution < 1.29 is 13.2 Å². The second-order valence-corrected chi connectivity index (χ2v) is 6.34. The Kier molecular flexibility index (Phi) is 4.41. The molecule has 7 heteroatoms. The van der Waals surface area contributed by atoms with E-state index < -0.39 is 9.05 Å². The molecule has 0 aliphatic carbocycles. The standard InChI is InChI=1S/C10H11Cl2NO3S/c1-3-13(2)10(14)7-4-5-8(11)9(6-7)17(12,15)16/h4-6H,3H2,1-2H3. The molecule has 0 aliphatic rings. The van der Waals surface area contributed by atoms with Crippen LogP contribution in [0.1, 0.15) is 17.3 Å². The summed E-state index contributed by atoms with van der Waals surface area (Å²) in [5.41, 5.74) is 0.234. The predicted molar refractivity (Wildman–Crippen MR) is 67.1 cm³/mol. The Morgan fingerprint density at radius 3 is 2.47 bits per heavy atom. The van der Waals surface area contributed by atoms with Gasteiger partial charge in [-0.2, -0.15) is 0 Å². The minimum absolute atomic E-state index is 0.00398. The zero-order chi connectivity index (χ0) is 13.2. The van der Waals surface area contributed by atoms with Gasteiger partial charge in [-0.15, -0.1) is 0 Å². The van der Waals surface area contributed by atoms with Crippen LogP contribution < -0.4 is 0 Å². The SMILES string of the molecule is CCN(C)C(=O)c1ccc(Cl)c(S(=O)(=O)Cl)c1. The van der Waals surface area contributed by atoms with Crippen LogP contribution in [0.5, 0.6) is 0 Å². The van der Waals surface area contributed by atoms with Crippen molar-refractivity contribution in [2.75, 3.05) is 13.6 Å². The van der Waals surface area contributed by atoms with Gasteiger partial charge in [0.25, 0.3) is 15.0 Å². The lowest BCUT2D eigenvalue weighted by Gasteiger charge is -2.14. The highest BCUT2D eigenvalue weighted by Crippen LogP contribution is 2.26. The van der Waals surface area contributed by atoms with Gasteiger partial charge < -0.3 is 4.90 Å². The Balaban J connectivity index is 3.27. The van der Waals surface area contributed by atoms with Gasteiger partial charge in [0, 0.05) is 29.8 Å². The van der Waals surface area contributed by atoms with E-state index in [0.29, 0.717) is 6.54 Å². The molecule has 0 saturated heterocycles. The molecular weight excluding hydrogens is 285 g/mol. The van der Waals surface area contributed by atoms with Crippen LogP contribution in [0.15, 0.2) is 23.1 Å². The van der Waals surface area contributed by atoms with Crippen molar-refractivity contribution in [2.45, 2.75) is 11.8 Å². The third kappa shape index (κ3) is 3.34. The molecule has 17 heavy (non-hydrogen) atoms. The summed E-state index contributed by atoms with van der Waals surface area (Å²) >= 11 is 5.71. The van der Waals surface area contributed by atoms with Crippen LogP contribution in [0.25, 0.3) is 0 Å². The number of hydrogen-bond acceptors (Lipinski definition) is 3. The Hall–Kier alpha value is -0.780. The zero-order valence-corrected chi connectivity index (χ0v) is 11.6. The molecule has 0 atom stereocenters. The van der Waals surface area contributed by atoms with Gasteiger partial charge in [-0.3, -0.25) is 4.79 Å². The van der Waals surface area contributed by atoms with Gasteiger partial charge in [0.15, 0.2) is 0 Å². The van der Waals surface area contributed by atoms with Crippen molar-refractivity contribution in [2.24, 2.45) is 0 Å². The Morgan fingerprint density at radius 1 is 1.41 bits per heavy atom. The fourth-order valence-corrected chi connectivity index (χ4v) is 2.68. The number of nitrogens with zero attached hydrogens (tertiary/aromatic N) is 1. The maximum absolute atomic E-state index is 11.8. The first kappa shape index (κ1) is 14.3. The first-order valence-corrected chi connectivity index (χ1v) is 7.45. The maximum atomic E-state index is 11.8. The molecule has 4 nitrogen and oxygen atoms in total. The van der Waals surface area contributed by atoms with E-state index in [0.717, 1.165) is 0 Å². The van der Waals surface area contributed by atoms with Crippen LogP contribution >= 0.6 is 22.3 Å². The molecule has 0 bridgehead atoms. The summed E-state index contributed by atoms with van der Waals surface area (Å²) in [7, 11) is 2.88. The van der Waals surface area contributed by atoms with Gasteiger partial charge in [-0.1, -0.05) is 11.6 Å². The quantitative estimate of drug-likeness (QED) is 0.805. The van der Waals surface area contributed by atoms with Crippen molar-refractivity contribution in [3.63, 3.8) is 0 Å². The smallest absolute Gasteiger partial charge is 0.262 e. The minimum atomic E-state index is -3.95. The number of halogens is 2. The zero-order valence-electron chi connectivity index (χ0n) is 9.28. The summed E-state index contributed by atoms with van der Waals surface area (Å²) in [6.07, 6.45) is 0. The number of benzene rings is 1. The number of carbonyl (C=O) groups is 1. The van der Waals surface area contributed by atoms with Gasteiger partial charge in [0.2, 0.25) is 0 Å². The lowest BCUT2D eigenvalue weighted by atomic mass is 10.2. The largest absolute Gasteiger partial charge is 0.342 e. The molecule has 1 aromatic rings. The van der Waals surface area contributed by atoms with E-state index in [2.05, 4.69) is 0 Å². The Morgan fingerprint density at radius 2 is 2.00 bits per heavy atom. The molecule has 0 fully saturated rings. The summed E-state index contributed by atoms with van der Waals surface area (Å²) in [5.74, 6) is -0.286. The lowest BCUT2D eigenvalue weighted by molar-refractivity contribution is 0.0802. The van der Waals surface area contributed by atoms with E-state index in [1.165, 1.54) is 23.1 Å². The molecule has 0 heterocycles.